The third-order valence-corrected chi connectivity index (χ3v) is 3.78. The van der Waals surface area contributed by atoms with E-state index in [9.17, 15) is 8.42 Å². The Balaban J connectivity index is 2.78. The van der Waals surface area contributed by atoms with Crippen molar-refractivity contribution in [1.29, 1.82) is 0 Å². The summed E-state index contributed by atoms with van der Waals surface area (Å²) in [6.45, 7) is 2.03. The van der Waals surface area contributed by atoms with E-state index in [4.69, 9.17) is 10.7 Å². The standard InChI is InChI=1S/C7H9ClO2S2/c1-2-6-3-4-7(11-6)5-12(8,9)10/h3-4H,2,5H2,1H3. The van der Waals surface area contributed by atoms with Crippen molar-refractivity contribution in [3.8, 4) is 0 Å². The Hall–Kier alpha value is -0.0600. The van der Waals surface area contributed by atoms with Crippen LogP contribution in [0.4, 0.5) is 0 Å². The smallest absolute Gasteiger partial charge is 0.212 e. The Kier molecular flexibility index (Phi) is 3.15. The van der Waals surface area contributed by atoms with Crippen molar-refractivity contribution in [2.45, 2.75) is 19.1 Å². The van der Waals surface area contributed by atoms with Crippen LogP contribution in [0.1, 0.15) is 16.7 Å². The van der Waals surface area contributed by atoms with Gasteiger partial charge in [-0.15, -0.1) is 11.3 Å². The molecule has 0 fully saturated rings. The SMILES string of the molecule is CCc1ccc(CS(=O)(=O)Cl)s1. The summed E-state index contributed by atoms with van der Waals surface area (Å²) < 4.78 is 21.3. The number of hydrogen-bond donors (Lipinski definition) is 0. The van der Waals surface area contributed by atoms with E-state index in [2.05, 4.69) is 0 Å². The van der Waals surface area contributed by atoms with Crippen LogP contribution in [0, 0.1) is 0 Å². The molecular formula is C7H9ClO2S2. The summed E-state index contributed by atoms with van der Waals surface area (Å²) in [6, 6.07) is 3.74. The van der Waals surface area contributed by atoms with Crippen LogP contribution in [0.15, 0.2) is 12.1 Å². The number of thiophene rings is 1. The molecule has 5 heteroatoms. The lowest BCUT2D eigenvalue weighted by molar-refractivity contribution is 0.609. The maximum atomic E-state index is 10.7. The minimum Gasteiger partial charge on any atom is -0.212 e. The lowest BCUT2D eigenvalue weighted by atomic mass is 10.4. The van der Waals surface area contributed by atoms with E-state index in [1.54, 1.807) is 0 Å². The monoisotopic (exact) mass is 224 g/mol. The van der Waals surface area contributed by atoms with Gasteiger partial charge in [0, 0.05) is 20.4 Å². The van der Waals surface area contributed by atoms with E-state index < -0.39 is 9.05 Å². The van der Waals surface area contributed by atoms with Gasteiger partial charge in [0.25, 0.3) is 0 Å². The molecule has 1 aromatic heterocycles. The molecule has 0 radical (unpaired) electrons. The Labute approximate surface area is 80.6 Å². The molecule has 0 aliphatic heterocycles. The molecule has 0 N–H and O–H groups in total. The third kappa shape index (κ3) is 3.13. The molecule has 0 aromatic carbocycles. The van der Waals surface area contributed by atoms with Gasteiger partial charge >= 0.3 is 0 Å². The molecule has 68 valence electrons. The molecule has 0 saturated carbocycles. The molecular weight excluding hydrogens is 216 g/mol. The predicted molar refractivity (Wildman–Crippen MR) is 52.2 cm³/mol. The summed E-state index contributed by atoms with van der Waals surface area (Å²) in [4.78, 5) is 1.99. The van der Waals surface area contributed by atoms with Crippen LogP contribution >= 0.6 is 22.0 Å². The van der Waals surface area contributed by atoms with E-state index in [1.165, 1.54) is 16.2 Å². The van der Waals surface area contributed by atoms with Crippen molar-refractivity contribution in [3.05, 3.63) is 21.9 Å². The highest BCUT2D eigenvalue weighted by Crippen LogP contribution is 2.20. The quantitative estimate of drug-likeness (QED) is 0.739. The Morgan fingerprint density at radius 1 is 1.42 bits per heavy atom. The summed E-state index contributed by atoms with van der Waals surface area (Å²) in [5.41, 5.74) is 0. The maximum Gasteiger partial charge on any atom is 0.237 e. The predicted octanol–water partition coefficient (Wildman–Crippen LogP) is 2.38. The van der Waals surface area contributed by atoms with Crippen LogP contribution < -0.4 is 0 Å². The summed E-state index contributed by atoms with van der Waals surface area (Å²) in [7, 11) is 1.71. The highest BCUT2D eigenvalue weighted by molar-refractivity contribution is 8.13. The van der Waals surface area contributed by atoms with Crippen LogP contribution in [-0.4, -0.2) is 8.42 Å². The number of rotatable bonds is 3. The first-order valence-corrected chi connectivity index (χ1v) is 6.80. The largest absolute Gasteiger partial charge is 0.237 e. The second-order valence-corrected chi connectivity index (χ2v) is 6.43. The molecule has 0 atom stereocenters. The van der Waals surface area contributed by atoms with Gasteiger partial charge in [-0.25, -0.2) is 8.42 Å². The van der Waals surface area contributed by atoms with E-state index in [1.807, 2.05) is 19.1 Å². The van der Waals surface area contributed by atoms with E-state index in [0.717, 1.165) is 11.3 Å². The zero-order valence-corrected chi connectivity index (χ0v) is 8.97. The minimum atomic E-state index is -3.39. The van der Waals surface area contributed by atoms with Crippen molar-refractivity contribution in [2.24, 2.45) is 0 Å². The van der Waals surface area contributed by atoms with Crippen molar-refractivity contribution in [3.63, 3.8) is 0 Å². The molecule has 0 saturated heterocycles. The molecule has 0 aliphatic rings. The lowest BCUT2D eigenvalue weighted by Crippen LogP contribution is -1.91. The first-order valence-electron chi connectivity index (χ1n) is 3.51. The van der Waals surface area contributed by atoms with Gasteiger partial charge in [0.05, 0.1) is 5.75 Å². The van der Waals surface area contributed by atoms with E-state index in [-0.39, 0.29) is 5.75 Å². The Morgan fingerprint density at radius 2 is 2.00 bits per heavy atom. The molecule has 2 nitrogen and oxygen atoms in total. The zero-order valence-electron chi connectivity index (χ0n) is 6.58. The summed E-state index contributed by atoms with van der Waals surface area (Å²) in [6.07, 6.45) is 0.938. The molecule has 0 unspecified atom stereocenters. The Bertz CT molecular complexity index is 353. The van der Waals surface area contributed by atoms with Gasteiger partial charge in [0.15, 0.2) is 0 Å². The fourth-order valence-corrected chi connectivity index (χ4v) is 3.30. The molecule has 0 bridgehead atoms. The molecule has 1 heterocycles. The molecule has 0 amide bonds. The van der Waals surface area contributed by atoms with Gasteiger partial charge in [-0.1, -0.05) is 6.92 Å². The highest BCUT2D eigenvalue weighted by atomic mass is 35.7. The van der Waals surface area contributed by atoms with Crippen LogP contribution in [0.25, 0.3) is 0 Å². The number of hydrogen-bond acceptors (Lipinski definition) is 3. The topological polar surface area (TPSA) is 34.1 Å². The lowest BCUT2D eigenvalue weighted by Gasteiger charge is -1.90. The molecule has 1 aromatic rings. The first kappa shape index (κ1) is 10.0. The van der Waals surface area contributed by atoms with Crippen LogP contribution in [-0.2, 0) is 21.2 Å². The highest BCUT2D eigenvalue weighted by Gasteiger charge is 2.08. The van der Waals surface area contributed by atoms with Gasteiger partial charge in [-0.3, -0.25) is 0 Å². The first-order chi connectivity index (χ1) is 5.51. The van der Waals surface area contributed by atoms with E-state index >= 15 is 0 Å². The summed E-state index contributed by atoms with van der Waals surface area (Å²) >= 11 is 1.50. The Morgan fingerprint density at radius 3 is 2.42 bits per heavy atom. The van der Waals surface area contributed by atoms with Crippen molar-refractivity contribution >= 4 is 31.1 Å². The summed E-state index contributed by atoms with van der Waals surface area (Å²) in [5, 5.41) is 0. The van der Waals surface area contributed by atoms with Crippen molar-refractivity contribution in [2.75, 3.05) is 0 Å². The van der Waals surface area contributed by atoms with Gasteiger partial charge in [0.1, 0.15) is 0 Å². The second-order valence-electron chi connectivity index (χ2n) is 2.40. The average Bonchev–Trinajstić information content (AvgIpc) is 2.32. The third-order valence-electron chi connectivity index (χ3n) is 1.38. The molecule has 1 rings (SSSR count). The van der Waals surface area contributed by atoms with Crippen LogP contribution in [0.3, 0.4) is 0 Å². The van der Waals surface area contributed by atoms with Gasteiger partial charge in [-0.2, -0.15) is 0 Å². The second kappa shape index (κ2) is 3.77. The maximum absolute atomic E-state index is 10.7. The van der Waals surface area contributed by atoms with Gasteiger partial charge in [0.2, 0.25) is 9.05 Å². The normalized spacial score (nSPS) is 11.8. The summed E-state index contributed by atoms with van der Waals surface area (Å²) in [5.74, 6) is -0.0563. The fraction of sp³-hybridized carbons (Fsp3) is 0.429. The van der Waals surface area contributed by atoms with E-state index in [0.29, 0.717) is 0 Å². The number of aryl methyl sites for hydroxylation is 1. The minimum absolute atomic E-state index is 0.0563. The zero-order chi connectivity index (χ0) is 9.19. The van der Waals surface area contributed by atoms with Crippen molar-refractivity contribution < 1.29 is 8.42 Å². The molecule has 0 spiro atoms. The average molecular weight is 225 g/mol. The van der Waals surface area contributed by atoms with Crippen LogP contribution in [0.5, 0.6) is 0 Å². The molecule has 0 aliphatic carbocycles. The van der Waals surface area contributed by atoms with Crippen molar-refractivity contribution in [1.82, 2.24) is 0 Å². The number of halogens is 1. The van der Waals surface area contributed by atoms with Gasteiger partial charge in [-0.05, 0) is 18.6 Å². The van der Waals surface area contributed by atoms with Crippen LogP contribution in [0.2, 0.25) is 0 Å². The van der Waals surface area contributed by atoms with Gasteiger partial charge < -0.3 is 0 Å². The molecule has 12 heavy (non-hydrogen) atoms. The fourth-order valence-electron chi connectivity index (χ4n) is 0.860.